The predicted octanol–water partition coefficient (Wildman–Crippen LogP) is 4.26. The van der Waals surface area contributed by atoms with Gasteiger partial charge >= 0.3 is 0 Å². The van der Waals surface area contributed by atoms with E-state index in [1.807, 2.05) is 37.3 Å². The minimum atomic E-state index is -0.124. The zero-order valence-corrected chi connectivity index (χ0v) is 15.0. The van der Waals surface area contributed by atoms with E-state index >= 15 is 0 Å². The fourth-order valence-electron chi connectivity index (χ4n) is 3.23. The summed E-state index contributed by atoms with van der Waals surface area (Å²) >= 11 is 1.52. The molecular weight excluding hydrogens is 318 g/mol. The van der Waals surface area contributed by atoms with Crippen LogP contribution in [0.4, 0.5) is 5.13 Å². The Morgan fingerprint density at radius 3 is 2.71 bits per heavy atom. The van der Waals surface area contributed by atoms with Gasteiger partial charge in [0.1, 0.15) is 0 Å². The molecule has 3 rings (SSSR count). The summed E-state index contributed by atoms with van der Waals surface area (Å²) in [7, 11) is 0. The molecule has 0 aliphatic carbocycles. The molecule has 5 heteroatoms. The summed E-state index contributed by atoms with van der Waals surface area (Å²) in [6.07, 6.45) is 4.68. The van der Waals surface area contributed by atoms with Crippen molar-refractivity contribution >= 4 is 22.4 Å². The third-order valence-corrected chi connectivity index (χ3v) is 5.35. The summed E-state index contributed by atoms with van der Waals surface area (Å²) in [6, 6.07) is 9.95. The summed E-state index contributed by atoms with van der Waals surface area (Å²) in [5, 5.41) is 5.77. The topological polar surface area (TPSA) is 45.2 Å². The third kappa shape index (κ3) is 4.42. The Morgan fingerprint density at radius 2 is 2.00 bits per heavy atom. The first kappa shape index (κ1) is 17.1. The van der Waals surface area contributed by atoms with Crippen molar-refractivity contribution in [2.24, 2.45) is 0 Å². The number of aromatic nitrogens is 1. The molecule has 24 heavy (non-hydrogen) atoms. The fourth-order valence-corrected chi connectivity index (χ4v) is 3.94. The second-order valence-electron chi connectivity index (χ2n) is 6.34. The van der Waals surface area contributed by atoms with Gasteiger partial charge in [0.15, 0.2) is 5.13 Å². The van der Waals surface area contributed by atoms with Crippen LogP contribution in [-0.2, 0) is 11.3 Å². The van der Waals surface area contributed by atoms with E-state index in [0.717, 1.165) is 37.3 Å². The van der Waals surface area contributed by atoms with E-state index in [0.29, 0.717) is 5.13 Å². The number of carbonyl (C=O) groups is 1. The monoisotopic (exact) mass is 343 g/mol. The summed E-state index contributed by atoms with van der Waals surface area (Å²) in [5.41, 5.74) is 2.12. The number of piperidine rings is 1. The molecule has 1 amide bonds. The van der Waals surface area contributed by atoms with Crippen LogP contribution in [0.2, 0.25) is 0 Å². The molecule has 0 unspecified atom stereocenters. The molecule has 2 aromatic rings. The van der Waals surface area contributed by atoms with E-state index in [2.05, 4.69) is 20.6 Å². The summed E-state index contributed by atoms with van der Waals surface area (Å²) in [4.78, 5) is 19.6. The first-order valence-corrected chi connectivity index (χ1v) is 9.67. The average Bonchev–Trinajstić information content (AvgIpc) is 3.04. The Labute approximate surface area is 147 Å². The van der Waals surface area contributed by atoms with Gasteiger partial charge in [0.25, 0.3) is 0 Å². The van der Waals surface area contributed by atoms with E-state index in [-0.39, 0.29) is 11.8 Å². The number of likely N-dealkylation sites (tertiary alicyclic amines) is 1. The zero-order chi connectivity index (χ0) is 16.8. The van der Waals surface area contributed by atoms with Gasteiger partial charge in [-0.15, -0.1) is 11.3 Å². The molecule has 0 radical (unpaired) electrons. The maximum atomic E-state index is 12.6. The van der Waals surface area contributed by atoms with Crippen molar-refractivity contribution in [3.8, 4) is 0 Å². The SMILES string of the molecule is CC[C@@H](C(=O)Nc1nc(CN2CCCCC2)cs1)c1ccccc1. The van der Waals surface area contributed by atoms with Gasteiger partial charge in [0.2, 0.25) is 5.91 Å². The standard InChI is InChI=1S/C19H25N3OS/c1-2-17(15-9-5-3-6-10-15)18(23)21-19-20-16(14-24-19)13-22-11-7-4-8-12-22/h3,5-6,9-10,14,17H,2,4,7-8,11-13H2,1H3,(H,20,21,23)/t17-/m1/s1. The lowest BCUT2D eigenvalue weighted by Crippen LogP contribution is -2.29. The van der Waals surface area contributed by atoms with Gasteiger partial charge in [0.05, 0.1) is 11.6 Å². The maximum absolute atomic E-state index is 12.6. The van der Waals surface area contributed by atoms with Crippen LogP contribution in [0.15, 0.2) is 35.7 Å². The van der Waals surface area contributed by atoms with Crippen molar-refractivity contribution in [3.63, 3.8) is 0 Å². The molecule has 1 atom stereocenters. The number of rotatable bonds is 6. The molecule has 1 aromatic heterocycles. The molecule has 4 nitrogen and oxygen atoms in total. The van der Waals surface area contributed by atoms with Crippen LogP contribution in [0, 0.1) is 0 Å². The van der Waals surface area contributed by atoms with Crippen molar-refractivity contribution in [1.82, 2.24) is 9.88 Å². The first-order valence-electron chi connectivity index (χ1n) is 8.79. The average molecular weight is 343 g/mol. The molecular formula is C19H25N3OS. The molecule has 0 spiro atoms. The quantitative estimate of drug-likeness (QED) is 0.852. The van der Waals surface area contributed by atoms with Crippen molar-refractivity contribution < 1.29 is 4.79 Å². The second kappa shape index (κ2) is 8.40. The molecule has 1 fully saturated rings. The van der Waals surface area contributed by atoms with Gasteiger partial charge in [-0.25, -0.2) is 4.98 Å². The number of thiazole rings is 1. The fraction of sp³-hybridized carbons (Fsp3) is 0.474. The van der Waals surface area contributed by atoms with Gasteiger partial charge < -0.3 is 5.32 Å². The number of hydrogen-bond acceptors (Lipinski definition) is 4. The van der Waals surface area contributed by atoms with Crippen molar-refractivity contribution in [1.29, 1.82) is 0 Å². The van der Waals surface area contributed by atoms with E-state index in [9.17, 15) is 4.79 Å². The Hall–Kier alpha value is -1.72. The Kier molecular flexibility index (Phi) is 5.99. The number of hydrogen-bond donors (Lipinski definition) is 1. The highest BCUT2D eigenvalue weighted by atomic mass is 32.1. The van der Waals surface area contributed by atoms with Crippen molar-refractivity contribution in [2.75, 3.05) is 18.4 Å². The van der Waals surface area contributed by atoms with Crippen molar-refractivity contribution in [2.45, 2.75) is 45.1 Å². The molecule has 1 aliphatic heterocycles. The van der Waals surface area contributed by atoms with Gasteiger partial charge in [-0.2, -0.15) is 0 Å². The highest BCUT2D eigenvalue weighted by molar-refractivity contribution is 7.13. The minimum Gasteiger partial charge on any atom is -0.301 e. The largest absolute Gasteiger partial charge is 0.301 e. The molecule has 1 saturated heterocycles. The van der Waals surface area contributed by atoms with Crippen LogP contribution in [0.5, 0.6) is 0 Å². The number of anilines is 1. The Balaban J connectivity index is 1.60. The Bertz CT molecular complexity index is 650. The van der Waals surface area contributed by atoms with E-state index in [1.165, 1.54) is 30.6 Å². The van der Waals surface area contributed by atoms with E-state index in [1.54, 1.807) is 0 Å². The van der Waals surface area contributed by atoms with Crippen LogP contribution in [0.3, 0.4) is 0 Å². The lowest BCUT2D eigenvalue weighted by molar-refractivity contribution is -0.117. The van der Waals surface area contributed by atoms with Gasteiger partial charge in [-0.1, -0.05) is 43.7 Å². The summed E-state index contributed by atoms with van der Waals surface area (Å²) in [5.74, 6) is -0.0942. The first-order chi connectivity index (χ1) is 11.8. The zero-order valence-electron chi connectivity index (χ0n) is 14.2. The number of nitrogens with zero attached hydrogens (tertiary/aromatic N) is 2. The molecule has 0 saturated carbocycles. The lowest BCUT2D eigenvalue weighted by Gasteiger charge is -2.25. The number of nitrogens with one attached hydrogen (secondary N) is 1. The van der Waals surface area contributed by atoms with E-state index < -0.39 is 0 Å². The van der Waals surface area contributed by atoms with Crippen LogP contribution in [-0.4, -0.2) is 28.9 Å². The second-order valence-corrected chi connectivity index (χ2v) is 7.20. The molecule has 128 valence electrons. The molecule has 1 aliphatic rings. The molecule has 1 N–H and O–H groups in total. The lowest BCUT2D eigenvalue weighted by atomic mass is 9.96. The predicted molar refractivity (Wildman–Crippen MR) is 99.3 cm³/mol. The number of benzene rings is 1. The van der Waals surface area contributed by atoms with Gasteiger partial charge in [-0.3, -0.25) is 9.69 Å². The summed E-state index contributed by atoms with van der Waals surface area (Å²) in [6.45, 7) is 5.25. The van der Waals surface area contributed by atoms with Crippen LogP contribution in [0.25, 0.3) is 0 Å². The molecule has 1 aromatic carbocycles. The third-order valence-electron chi connectivity index (χ3n) is 4.54. The van der Waals surface area contributed by atoms with Gasteiger partial charge in [0, 0.05) is 11.9 Å². The van der Waals surface area contributed by atoms with Crippen LogP contribution in [0.1, 0.15) is 49.8 Å². The molecule has 0 bridgehead atoms. The highest BCUT2D eigenvalue weighted by Gasteiger charge is 2.20. The molecule has 2 heterocycles. The summed E-state index contributed by atoms with van der Waals surface area (Å²) < 4.78 is 0. The van der Waals surface area contributed by atoms with Crippen LogP contribution < -0.4 is 5.32 Å². The minimum absolute atomic E-state index is 0.0302. The highest BCUT2D eigenvalue weighted by Crippen LogP contribution is 2.24. The number of amides is 1. The van der Waals surface area contributed by atoms with Gasteiger partial charge in [-0.05, 0) is 37.9 Å². The normalized spacial score (nSPS) is 16.7. The number of carbonyl (C=O) groups excluding carboxylic acids is 1. The van der Waals surface area contributed by atoms with E-state index in [4.69, 9.17) is 0 Å². The maximum Gasteiger partial charge on any atom is 0.233 e. The Morgan fingerprint density at radius 1 is 1.25 bits per heavy atom. The van der Waals surface area contributed by atoms with Crippen LogP contribution >= 0.6 is 11.3 Å². The smallest absolute Gasteiger partial charge is 0.233 e. The van der Waals surface area contributed by atoms with Crippen molar-refractivity contribution in [3.05, 3.63) is 47.0 Å².